The van der Waals surface area contributed by atoms with Crippen LogP contribution in [0.1, 0.15) is 23.7 Å². The predicted octanol–water partition coefficient (Wildman–Crippen LogP) is 2.22. The summed E-state index contributed by atoms with van der Waals surface area (Å²) < 4.78 is 0. The van der Waals surface area contributed by atoms with E-state index in [1.807, 2.05) is 38.1 Å². The van der Waals surface area contributed by atoms with Gasteiger partial charge in [0.25, 0.3) is 5.56 Å². The molecule has 2 aromatic rings. The number of nitrogens with one attached hydrogen (secondary N) is 2. The average Bonchev–Trinajstić information content (AvgIpc) is 2.36. The molecule has 5 heteroatoms. The van der Waals surface area contributed by atoms with Crippen LogP contribution in [0.3, 0.4) is 0 Å². The Hall–Kier alpha value is -2.43. The van der Waals surface area contributed by atoms with Gasteiger partial charge in [-0.05, 0) is 26.3 Å². The molecule has 1 aromatic heterocycles. The number of anilines is 1. The van der Waals surface area contributed by atoms with E-state index in [1.165, 1.54) is 11.6 Å². The van der Waals surface area contributed by atoms with Crippen molar-refractivity contribution in [1.29, 1.82) is 0 Å². The average molecular weight is 256 g/mol. The molecule has 0 spiro atoms. The molecule has 5 nitrogen and oxygen atoms in total. The van der Waals surface area contributed by atoms with Crippen molar-refractivity contribution in [3.63, 3.8) is 0 Å². The van der Waals surface area contributed by atoms with Gasteiger partial charge in [-0.3, -0.25) is 9.78 Å². The minimum absolute atomic E-state index is 0.196. The summed E-state index contributed by atoms with van der Waals surface area (Å²) in [4.78, 5) is 18.0. The van der Waals surface area contributed by atoms with E-state index in [0.29, 0.717) is 11.6 Å². The Labute approximate surface area is 111 Å². The van der Waals surface area contributed by atoms with E-state index in [0.717, 1.165) is 11.3 Å². The first-order valence-electron chi connectivity index (χ1n) is 6.00. The highest BCUT2D eigenvalue weighted by Gasteiger charge is 1.99. The molecule has 0 unspecified atom stereocenters. The molecule has 2 N–H and O–H groups in total. The molecule has 98 valence electrons. The van der Waals surface area contributed by atoms with Gasteiger partial charge in [-0.25, -0.2) is 10.4 Å². The first kappa shape index (κ1) is 13.0. The van der Waals surface area contributed by atoms with Crippen LogP contribution in [-0.2, 0) is 0 Å². The Kier molecular flexibility index (Phi) is 3.75. The number of hydrogen-bond donors (Lipinski definition) is 2. The van der Waals surface area contributed by atoms with Gasteiger partial charge < -0.3 is 0 Å². The van der Waals surface area contributed by atoms with Crippen LogP contribution in [0.5, 0.6) is 0 Å². The smallest absolute Gasteiger partial charge is 0.252 e. The monoisotopic (exact) mass is 256 g/mol. The maximum atomic E-state index is 11.3. The predicted molar refractivity (Wildman–Crippen MR) is 76.6 cm³/mol. The minimum Gasteiger partial charge on any atom is -0.291 e. The molecule has 0 saturated carbocycles. The number of aromatic amines is 1. The van der Waals surface area contributed by atoms with Crippen molar-refractivity contribution in [3.8, 4) is 0 Å². The molecule has 0 aliphatic carbocycles. The first-order chi connectivity index (χ1) is 9.04. The first-order valence-corrected chi connectivity index (χ1v) is 6.00. The second kappa shape index (κ2) is 5.48. The zero-order valence-corrected chi connectivity index (χ0v) is 11.2. The molecule has 1 heterocycles. The van der Waals surface area contributed by atoms with Crippen LogP contribution in [0.15, 0.2) is 40.2 Å². The van der Waals surface area contributed by atoms with E-state index in [2.05, 4.69) is 20.5 Å². The highest BCUT2D eigenvalue weighted by atomic mass is 16.1. The van der Waals surface area contributed by atoms with Crippen molar-refractivity contribution in [2.45, 2.75) is 20.8 Å². The third-order valence-corrected chi connectivity index (χ3v) is 2.67. The number of hydrazone groups is 1. The van der Waals surface area contributed by atoms with E-state index in [4.69, 9.17) is 0 Å². The molecule has 0 aliphatic heterocycles. The minimum atomic E-state index is -0.196. The number of hydrogen-bond acceptors (Lipinski definition) is 4. The van der Waals surface area contributed by atoms with Crippen molar-refractivity contribution in [3.05, 3.63) is 57.5 Å². The van der Waals surface area contributed by atoms with Gasteiger partial charge in [-0.2, -0.15) is 5.10 Å². The third-order valence-electron chi connectivity index (χ3n) is 2.67. The normalized spacial score (nSPS) is 11.4. The highest BCUT2D eigenvalue weighted by Crippen LogP contribution is 2.05. The summed E-state index contributed by atoms with van der Waals surface area (Å²) in [6, 6.07) is 9.49. The Morgan fingerprint density at radius 1 is 1.26 bits per heavy atom. The second-order valence-corrected chi connectivity index (χ2v) is 4.41. The Morgan fingerprint density at radius 3 is 2.58 bits per heavy atom. The Morgan fingerprint density at radius 2 is 1.95 bits per heavy atom. The van der Waals surface area contributed by atoms with Gasteiger partial charge in [0.05, 0.1) is 5.71 Å². The van der Waals surface area contributed by atoms with Gasteiger partial charge in [0.1, 0.15) is 0 Å². The zero-order valence-electron chi connectivity index (χ0n) is 11.2. The number of aryl methyl sites for hydroxylation is 2. The molecular weight excluding hydrogens is 240 g/mol. The molecule has 0 radical (unpaired) electrons. The lowest BCUT2D eigenvalue weighted by atomic mass is 10.1. The summed E-state index contributed by atoms with van der Waals surface area (Å²) in [6.45, 7) is 5.69. The third kappa shape index (κ3) is 3.51. The molecule has 0 fully saturated rings. The van der Waals surface area contributed by atoms with Gasteiger partial charge in [0, 0.05) is 11.8 Å². The SMILES string of the molecule is C/C(=N\Nc1nc(C)cc(=O)[nH]1)c1ccc(C)cc1. The van der Waals surface area contributed by atoms with E-state index in [1.54, 1.807) is 6.92 Å². The van der Waals surface area contributed by atoms with Gasteiger partial charge in [-0.1, -0.05) is 29.8 Å². The van der Waals surface area contributed by atoms with Crippen LogP contribution in [0, 0.1) is 13.8 Å². The zero-order chi connectivity index (χ0) is 13.8. The number of aromatic nitrogens is 2. The van der Waals surface area contributed by atoms with Crippen molar-refractivity contribution < 1.29 is 0 Å². The van der Waals surface area contributed by atoms with Crippen molar-refractivity contribution >= 4 is 11.7 Å². The maximum Gasteiger partial charge on any atom is 0.252 e. The summed E-state index contributed by atoms with van der Waals surface area (Å²) in [5.41, 5.74) is 6.26. The van der Waals surface area contributed by atoms with E-state index >= 15 is 0 Å². The molecular formula is C14H16N4O. The molecule has 19 heavy (non-hydrogen) atoms. The Balaban J connectivity index is 2.17. The van der Waals surface area contributed by atoms with Crippen LogP contribution in [0.2, 0.25) is 0 Å². The van der Waals surface area contributed by atoms with Crippen molar-refractivity contribution in [2.24, 2.45) is 5.10 Å². The molecule has 0 bridgehead atoms. The standard InChI is InChI=1S/C14H16N4O/c1-9-4-6-12(7-5-9)11(3)17-18-14-15-10(2)8-13(19)16-14/h4-8H,1-3H3,(H2,15,16,18,19)/b17-11+. The van der Waals surface area contributed by atoms with Gasteiger partial charge in [0.15, 0.2) is 0 Å². The molecule has 0 saturated heterocycles. The largest absolute Gasteiger partial charge is 0.291 e. The van der Waals surface area contributed by atoms with Crippen molar-refractivity contribution in [1.82, 2.24) is 9.97 Å². The number of nitrogens with zero attached hydrogens (tertiary/aromatic N) is 2. The van der Waals surface area contributed by atoms with E-state index in [9.17, 15) is 4.79 Å². The van der Waals surface area contributed by atoms with Gasteiger partial charge >= 0.3 is 0 Å². The molecule has 0 atom stereocenters. The van der Waals surface area contributed by atoms with E-state index < -0.39 is 0 Å². The lowest BCUT2D eigenvalue weighted by Crippen LogP contribution is -2.11. The van der Waals surface area contributed by atoms with Crippen molar-refractivity contribution in [2.75, 3.05) is 5.43 Å². The van der Waals surface area contributed by atoms with Crippen LogP contribution < -0.4 is 11.0 Å². The van der Waals surface area contributed by atoms with Crippen LogP contribution in [0.25, 0.3) is 0 Å². The van der Waals surface area contributed by atoms with E-state index in [-0.39, 0.29) is 5.56 Å². The van der Waals surface area contributed by atoms with Gasteiger partial charge in [0.2, 0.25) is 5.95 Å². The number of benzene rings is 1. The summed E-state index contributed by atoms with van der Waals surface area (Å²) in [5.74, 6) is 0.344. The number of H-pyrrole nitrogens is 1. The van der Waals surface area contributed by atoms with Crippen LogP contribution >= 0.6 is 0 Å². The molecule has 0 amide bonds. The summed E-state index contributed by atoms with van der Waals surface area (Å²) >= 11 is 0. The molecule has 1 aromatic carbocycles. The fourth-order valence-corrected chi connectivity index (χ4v) is 1.63. The Bertz CT molecular complexity index is 656. The molecule has 0 aliphatic rings. The summed E-state index contributed by atoms with van der Waals surface area (Å²) in [5, 5.41) is 4.21. The lowest BCUT2D eigenvalue weighted by Gasteiger charge is -2.03. The maximum absolute atomic E-state index is 11.3. The number of rotatable bonds is 3. The highest BCUT2D eigenvalue weighted by molar-refractivity contribution is 5.99. The quantitative estimate of drug-likeness (QED) is 0.653. The fourth-order valence-electron chi connectivity index (χ4n) is 1.63. The van der Waals surface area contributed by atoms with Crippen LogP contribution in [0.4, 0.5) is 5.95 Å². The lowest BCUT2D eigenvalue weighted by molar-refractivity contribution is 1.04. The van der Waals surface area contributed by atoms with Gasteiger partial charge in [-0.15, -0.1) is 0 Å². The van der Waals surface area contributed by atoms with Crippen LogP contribution in [-0.4, -0.2) is 15.7 Å². The summed E-state index contributed by atoms with van der Waals surface area (Å²) in [6.07, 6.45) is 0. The second-order valence-electron chi connectivity index (χ2n) is 4.41. The topological polar surface area (TPSA) is 70.1 Å². The fraction of sp³-hybridized carbons (Fsp3) is 0.214. The summed E-state index contributed by atoms with van der Waals surface area (Å²) in [7, 11) is 0. The molecule has 2 rings (SSSR count).